The summed E-state index contributed by atoms with van der Waals surface area (Å²) in [4.78, 5) is 24.2. The number of fused-ring (bicyclic) bond motifs is 3. The third-order valence-electron chi connectivity index (χ3n) is 4.25. The van der Waals surface area contributed by atoms with Gasteiger partial charge in [-0.05, 0) is 53.7 Å². The number of hydrogen-bond acceptors (Lipinski definition) is 5. The topological polar surface area (TPSA) is 63.4 Å². The first-order valence-electron chi connectivity index (χ1n) is 8.90. The Morgan fingerprint density at radius 2 is 1.73 bits per heavy atom. The van der Waals surface area contributed by atoms with E-state index < -0.39 is 0 Å². The van der Waals surface area contributed by atoms with Crippen LogP contribution in [0.3, 0.4) is 0 Å². The van der Waals surface area contributed by atoms with Crippen LogP contribution in [0.1, 0.15) is 40.4 Å². The second-order valence-corrected chi connectivity index (χ2v) is 8.31. The highest BCUT2D eigenvalue weighted by molar-refractivity contribution is 8.00. The molecule has 3 aromatic rings. The highest BCUT2D eigenvalue weighted by Crippen LogP contribution is 2.28. The molecule has 0 N–H and O–H groups in total. The SMILES string of the molecule is Cc1nc2c3ccccc3nc(SC(C)C(=O)N(C(C)C)C(C)C)n2n1. The van der Waals surface area contributed by atoms with E-state index in [-0.39, 0.29) is 23.2 Å². The van der Waals surface area contributed by atoms with Gasteiger partial charge in [0.05, 0.1) is 10.8 Å². The van der Waals surface area contributed by atoms with Crippen molar-refractivity contribution in [3.8, 4) is 0 Å². The summed E-state index contributed by atoms with van der Waals surface area (Å²) in [5.41, 5.74) is 1.64. The third-order valence-corrected chi connectivity index (χ3v) is 5.28. The molecule has 0 aliphatic rings. The zero-order valence-electron chi connectivity index (χ0n) is 16.1. The Hall–Kier alpha value is -2.15. The van der Waals surface area contributed by atoms with Gasteiger partial charge in [0, 0.05) is 17.5 Å². The summed E-state index contributed by atoms with van der Waals surface area (Å²) < 4.78 is 1.75. The zero-order chi connectivity index (χ0) is 19.0. The molecule has 0 fully saturated rings. The van der Waals surface area contributed by atoms with Crippen molar-refractivity contribution in [3.63, 3.8) is 0 Å². The van der Waals surface area contributed by atoms with Crippen LogP contribution in [0.15, 0.2) is 29.4 Å². The molecule has 6 nitrogen and oxygen atoms in total. The van der Waals surface area contributed by atoms with Crippen LogP contribution in [0.5, 0.6) is 0 Å². The molecular formula is C19H25N5OS. The van der Waals surface area contributed by atoms with Crippen molar-refractivity contribution in [3.05, 3.63) is 30.1 Å². The molecule has 3 rings (SSSR count). The first kappa shape index (κ1) is 18.6. The molecule has 0 radical (unpaired) electrons. The number of rotatable bonds is 5. The van der Waals surface area contributed by atoms with Gasteiger partial charge in [0.2, 0.25) is 5.91 Å². The molecule has 0 spiro atoms. The number of nitrogens with zero attached hydrogens (tertiary/aromatic N) is 5. The third kappa shape index (κ3) is 3.40. The number of carbonyl (C=O) groups excluding carboxylic acids is 1. The molecule has 1 aromatic carbocycles. The molecule has 1 unspecified atom stereocenters. The van der Waals surface area contributed by atoms with E-state index in [9.17, 15) is 4.79 Å². The van der Waals surface area contributed by atoms with Crippen LogP contribution in [0.25, 0.3) is 16.6 Å². The van der Waals surface area contributed by atoms with E-state index in [1.54, 1.807) is 4.52 Å². The normalized spacial score (nSPS) is 13.1. The summed E-state index contributed by atoms with van der Waals surface area (Å²) in [6.07, 6.45) is 0. The predicted molar refractivity (Wildman–Crippen MR) is 105 cm³/mol. The van der Waals surface area contributed by atoms with E-state index in [1.165, 1.54) is 11.8 Å². The van der Waals surface area contributed by atoms with Crippen LogP contribution in [-0.4, -0.2) is 47.7 Å². The van der Waals surface area contributed by atoms with Gasteiger partial charge in [0.1, 0.15) is 5.82 Å². The standard InChI is InChI=1S/C19H25N5OS/c1-11(2)23(12(3)4)18(25)13(5)26-19-21-16-10-8-7-9-15(16)17-20-14(6)22-24(17)19/h7-13H,1-6H3. The van der Waals surface area contributed by atoms with Gasteiger partial charge < -0.3 is 4.90 Å². The largest absolute Gasteiger partial charge is 0.337 e. The van der Waals surface area contributed by atoms with E-state index in [4.69, 9.17) is 4.98 Å². The Labute approximate surface area is 158 Å². The molecule has 0 saturated heterocycles. The van der Waals surface area contributed by atoms with Crippen molar-refractivity contribution in [1.82, 2.24) is 24.5 Å². The Morgan fingerprint density at radius 3 is 2.38 bits per heavy atom. The second kappa shape index (κ2) is 7.23. The van der Waals surface area contributed by atoms with E-state index in [1.807, 2.05) is 70.7 Å². The van der Waals surface area contributed by atoms with Gasteiger partial charge in [-0.2, -0.15) is 4.52 Å². The number of para-hydroxylation sites is 1. The molecule has 0 saturated carbocycles. The van der Waals surface area contributed by atoms with Crippen LogP contribution in [0.4, 0.5) is 0 Å². The minimum atomic E-state index is -0.263. The van der Waals surface area contributed by atoms with Crippen LogP contribution < -0.4 is 0 Å². The van der Waals surface area contributed by atoms with Gasteiger partial charge >= 0.3 is 0 Å². The van der Waals surface area contributed by atoms with Gasteiger partial charge in [-0.25, -0.2) is 9.97 Å². The summed E-state index contributed by atoms with van der Waals surface area (Å²) in [5, 5.41) is 5.87. The summed E-state index contributed by atoms with van der Waals surface area (Å²) in [7, 11) is 0. The van der Waals surface area contributed by atoms with Crippen LogP contribution in [0, 0.1) is 6.92 Å². The molecule has 1 amide bonds. The van der Waals surface area contributed by atoms with E-state index in [0.717, 1.165) is 16.6 Å². The zero-order valence-corrected chi connectivity index (χ0v) is 16.9. The monoisotopic (exact) mass is 371 g/mol. The van der Waals surface area contributed by atoms with E-state index in [0.29, 0.717) is 11.0 Å². The minimum absolute atomic E-state index is 0.111. The van der Waals surface area contributed by atoms with Gasteiger partial charge in [0.15, 0.2) is 10.8 Å². The van der Waals surface area contributed by atoms with Crippen LogP contribution in [0.2, 0.25) is 0 Å². The Morgan fingerprint density at radius 1 is 1.08 bits per heavy atom. The van der Waals surface area contributed by atoms with Gasteiger partial charge in [-0.15, -0.1) is 5.10 Å². The second-order valence-electron chi connectivity index (χ2n) is 7.00. The first-order chi connectivity index (χ1) is 12.3. The first-order valence-corrected chi connectivity index (χ1v) is 9.78. The molecule has 0 aliphatic carbocycles. The molecule has 2 aromatic heterocycles. The molecule has 0 aliphatic heterocycles. The molecule has 26 heavy (non-hydrogen) atoms. The molecule has 0 bridgehead atoms. The summed E-state index contributed by atoms with van der Waals surface area (Å²) in [5.74, 6) is 0.801. The van der Waals surface area contributed by atoms with Crippen molar-refractivity contribution < 1.29 is 4.79 Å². The Kier molecular flexibility index (Phi) is 5.18. The summed E-state index contributed by atoms with van der Waals surface area (Å²) in [6, 6.07) is 8.19. The van der Waals surface area contributed by atoms with E-state index >= 15 is 0 Å². The lowest BCUT2D eigenvalue weighted by molar-refractivity contribution is -0.133. The minimum Gasteiger partial charge on any atom is -0.337 e. The maximum absolute atomic E-state index is 13.0. The summed E-state index contributed by atoms with van der Waals surface area (Å²) >= 11 is 1.43. The summed E-state index contributed by atoms with van der Waals surface area (Å²) in [6.45, 7) is 12.0. The number of thioether (sulfide) groups is 1. The molecule has 2 heterocycles. The van der Waals surface area contributed by atoms with Crippen molar-refractivity contribution in [1.29, 1.82) is 0 Å². The molecular weight excluding hydrogens is 346 g/mol. The van der Waals surface area contributed by atoms with Gasteiger partial charge in [-0.3, -0.25) is 4.79 Å². The highest BCUT2D eigenvalue weighted by atomic mass is 32.2. The lowest BCUT2D eigenvalue weighted by Gasteiger charge is -2.32. The number of hydrogen-bond donors (Lipinski definition) is 0. The van der Waals surface area contributed by atoms with Gasteiger partial charge in [-0.1, -0.05) is 23.9 Å². The average molecular weight is 372 g/mol. The lowest BCUT2D eigenvalue weighted by atomic mass is 10.2. The maximum atomic E-state index is 13.0. The Balaban J connectivity index is 2.01. The average Bonchev–Trinajstić information content (AvgIpc) is 2.96. The van der Waals surface area contributed by atoms with E-state index in [2.05, 4.69) is 10.1 Å². The fourth-order valence-electron chi connectivity index (χ4n) is 3.23. The number of aryl methyl sites for hydroxylation is 1. The number of amides is 1. The fourth-order valence-corrected chi connectivity index (χ4v) is 4.15. The van der Waals surface area contributed by atoms with Gasteiger partial charge in [0.25, 0.3) is 0 Å². The van der Waals surface area contributed by atoms with Crippen molar-refractivity contribution >= 4 is 34.2 Å². The number of carbonyl (C=O) groups is 1. The lowest BCUT2D eigenvalue weighted by Crippen LogP contribution is -2.45. The maximum Gasteiger partial charge on any atom is 0.236 e. The quantitative estimate of drug-likeness (QED) is 0.505. The molecule has 138 valence electrons. The van der Waals surface area contributed by atoms with Crippen molar-refractivity contribution in [2.75, 3.05) is 0 Å². The number of aromatic nitrogens is 4. The molecule has 7 heteroatoms. The van der Waals surface area contributed by atoms with Crippen LogP contribution >= 0.6 is 11.8 Å². The van der Waals surface area contributed by atoms with Crippen LogP contribution in [-0.2, 0) is 4.79 Å². The highest BCUT2D eigenvalue weighted by Gasteiger charge is 2.27. The van der Waals surface area contributed by atoms with Crippen molar-refractivity contribution in [2.45, 2.75) is 64.0 Å². The van der Waals surface area contributed by atoms with Crippen molar-refractivity contribution in [2.24, 2.45) is 0 Å². The Bertz CT molecular complexity index is 942. The number of benzene rings is 1. The molecule has 1 atom stereocenters. The fraction of sp³-hybridized carbons (Fsp3) is 0.474. The smallest absolute Gasteiger partial charge is 0.236 e. The predicted octanol–water partition coefficient (Wildman–Crippen LogP) is 3.71.